The second kappa shape index (κ2) is 15.3. The number of carbonyl (C=O) groups is 3. The Labute approximate surface area is 285 Å². The number of carbonyl (C=O) groups excluding carboxylic acids is 3. The van der Waals surface area contributed by atoms with Crippen LogP contribution in [0.5, 0.6) is 0 Å². The maximum absolute atomic E-state index is 14.1. The number of nitrogens with one attached hydrogen (secondary N) is 1. The first-order valence-corrected chi connectivity index (χ1v) is 17.4. The van der Waals surface area contributed by atoms with Crippen LogP contribution in [-0.2, 0) is 9.59 Å². The highest BCUT2D eigenvalue weighted by Gasteiger charge is 2.62. The molecule has 0 aromatic heterocycles. The Balaban J connectivity index is 0.000000677. The summed E-state index contributed by atoms with van der Waals surface area (Å²) in [7, 11) is 2.04. The molecule has 2 atom stereocenters. The van der Waals surface area contributed by atoms with Gasteiger partial charge in [-0.3, -0.25) is 14.5 Å². The molecule has 9 nitrogen and oxygen atoms in total. The van der Waals surface area contributed by atoms with Gasteiger partial charge < -0.3 is 29.9 Å². The molecule has 0 radical (unpaired) electrons. The minimum atomic E-state index is -5.12. The number of nitrogens with zero attached hydrogens (tertiary/aromatic N) is 4. The fraction of sp³-hybridized carbons (Fsp3) is 0.629. The van der Waals surface area contributed by atoms with Crippen molar-refractivity contribution in [1.82, 2.24) is 19.6 Å². The zero-order chi connectivity index (χ0) is 34.6. The number of alkyl halides is 3. The van der Waals surface area contributed by atoms with Gasteiger partial charge in [0.15, 0.2) is 0 Å². The molecule has 2 aliphatic carbocycles. The van der Waals surface area contributed by atoms with Gasteiger partial charge in [0.05, 0.1) is 16.6 Å². The standard InChI is InChI=1S/C30H39ClF3N5O3.C5H8O/c1-20-3-5-21(6-4-20)29(42,30(32,33)34)28(41)38-11-9-24(10-12-38)39-18-23(19-39)35-22-7-8-25(26(31)17-22)27(40)37-15-13-36(2)14-16-37;6-4-5-2-1-3-5/h3,5-8,17,20,23-24,35,42H,4,9-16,18-19H2,1-2H3;4-5H,1-3H2. The zero-order valence-electron chi connectivity index (χ0n) is 27.7. The number of anilines is 1. The summed E-state index contributed by atoms with van der Waals surface area (Å²) in [6.07, 6.45) is 5.05. The summed E-state index contributed by atoms with van der Waals surface area (Å²) in [5, 5.41) is 14.6. The fourth-order valence-corrected chi connectivity index (χ4v) is 7.00. The summed E-state index contributed by atoms with van der Waals surface area (Å²) in [6, 6.07) is 5.71. The van der Waals surface area contributed by atoms with Crippen molar-refractivity contribution in [1.29, 1.82) is 0 Å². The molecule has 0 spiro atoms. The Kier molecular flexibility index (Phi) is 11.6. The number of piperidine rings is 1. The number of likely N-dealkylation sites (N-methyl/N-ethyl adjacent to an activating group) is 1. The molecule has 4 fully saturated rings. The van der Waals surface area contributed by atoms with Gasteiger partial charge in [0.1, 0.15) is 6.29 Å². The molecule has 1 saturated carbocycles. The summed E-state index contributed by atoms with van der Waals surface area (Å²) in [5.74, 6) is -0.868. The van der Waals surface area contributed by atoms with Crippen LogP contribution in [0.25, 0.3) is 0 Å². The topological polar surface area (TPSA) is 96.4 Å². The number of benzene rings is 1. The smallest absolute Gasteiger partial charge is 0.380 e. The lowest BCUT2D eigenvalue weighted by Gasteiger charge is -2.48. The number of hydrogen-bond donors (Lipinski definition) is 2. The molecule has 3 saturated heterocycles. The number of amides is 2. The van der Waals surface area contributed by atoms with Gasteiger partial charge >= 0.3 is 6.18 Å². The highest BCUT2D eigenvalue weighted by Crippen LogP contribution is 2.41. The van der Waals surface area contributed by atoms with Crippen molar-refractivity contribution in [2.75, 3.05) is 64.7 Å². The summed E-state index contributed by atoms with van der Waals surface area (Å²) in [6.45, 7) is 6.69. The fourth-order valence-electron chi connectivity index (χ4n) is 6.74. The van der Waals surface area contributed by atoms with Crippen LogP contribution in [0.3, 0.4) is 0 Å². The second-order valence-corrected chi connectivity index (χ2v) is 14.3. The first-order chi connectivity index (χ1) is 22.8. The van der Waals surface area contributed by atoms with E-state index in [1.165, 1.54) is 18.6 Å². The molecule has 2 amide bonds. The highest BCUT2D eigenvalue weighted by atomic mass is 35.5. The predicted molar refractivity (Wildman–Crippen MR) is 179 cm³/mol. The Bertz CT molecular complexity index is 1380. The van der Waals surface area contributed by atoms with E-state index in [-0.39, 0.29) is 37.0 Å². The van der Waals surface area contributed by atoms with Crippen molar-refractivity contribution in [3.8, 4) is 0 Å². The van der Waals surface area contributed by atoms with Crippen LogP contribution in [-0.4, -0.2) is 126 Å². The van der Waals surface area contributed by atoms with Crippen molar-refractivity contribution in [2.24, 2.45) is 11.8 Å². The van der Waals surface area contributed by atoms with Crippen LogP contribution < -0.4 is 5.32 Å². The monoisotopic (exact) mass is 693 g/mol. The Hall–Kier alpha value is -2.93. The molecule has 1 aromatic rings. The minimum Gasteiger partial charge on any atom is -0.380 e. The van der Waals surface area contributed by atoms with Gasteiger partial charge in [-0.25, -0.2) is 0 Å². The third-order valence-electron chi connectivity index (χ3n) is 10.3. The molecule has 264 valence electrons. The van der Waals surface area contributed by atoms with Crippen molar-refractivity contribution < 1.29 is 32.7 Å². The number of piperazine rings is 1. The number of rotatable bonds is 7. The average molecular weight is 694 g/mol. The summed E-state index contributed by atoms with van der Waals surface area (Å²) in [5.41, 5.74) is -2.61. The van der Waals surface area contributed by atoms with Gasteiger partial charge in [-0.05, 0) is 68.8 Å². The maximum atomic E-state index is 14.1. The molecule has 3 aliphatic heterocycles. The minimum absolute atomic E-state index is 0.0552. The molecule has 1 aromatic carbocycles. The Morgan fingerprint density at radius 2 is 1.67 bits per heavy atom. The van der Waals surface area contributed by atoms with E-state index in [1.807, 2.05) is 24.9 Å². The molecule has 2 unspecified atom stereocenters. The number of halogens is 4. The molecule has 13 heteroatoms. The van der Waals surface area contributed by atoms with E-state index in [0.29, 0.717) is 48.9 Å². The van der Waals surface area contributed by atoms with E-state index < -0.39 is 23.3 Å². The molecule has 2 N–H and O–H groups in total. The number of allylic oxidation sites excluding steroid dienone is 2. The van der Waals surface area contributed by atoms with E-state index >= 15 is 0 Å². The lowest BCUT2D eigenvalue weighted by molar-refractivity contribution is -0.242. The molecule has 3 heterocycles. The normalized spacial score (nSPS) is 24.4. The predicted octanol–water partition coefficient (Wildman–Crippen LogP) is 4.62. The van der Waals surface area contributed by atoms with Crippen molar-refractivity contribution in [3.63, 3.8) is 0 Å². The first kappa shape index (κ1) is 36.4. The van der Waals surface area contributed by atoms with Gasteiger partial charge in [-0.2, -0.15) is 13.2 Å². The van der Waals surface area contributed by atoms with Gasteiger partial charge in [0.2, 0.25) is 0 Å². The largest absolute Gasteiger partial charge is 0.430 e. The lowest BCUT2D eigenvalue weighted by Crippen LogP contribution is -2.63. The number of aldehydes is 1. The van der Waals surface area contributed by atoms with Gasteiger partial charge in [0.25, 0.3) is 17.4 Å². The molecule has 6 rings (SSSR count). The van der Waals surface area contributed by atoms with Crippen LogP contribution in [0.1, 0.15) is 55.8 Å². The Morgan fingerprint density at radius 3 is 2.17 bits per heavy atom. The van der Waals surface area contributed by atoms with Gasteiger partial charge in [0, 0.05) is 70.0 Å². The SMILES string of the molecule is CC1C=CC(C(O)(C(=O)N2CCC(N3CC(Nc4ccc(C(=O)N5CCN(C)CC5)c(Cl)c4)C3)CC2)C(F)(F)F)=CC1.O=CC1CCC1. The highest BCUT2D eigenvalue weighted by molar-refractivity contribution is 6.34. The van der Waals surface area contributed by atoms with Gasteiger partial charge in [-0.15, -0.1) is 0 Å². The van der Waals surface area contributed by atoms with Crippen LogP contribution >= 0.6 is 11.6 Å². The van der Waals surface area contributed by atoms with E-state index in [4.69, 9.17) is 11.6 Å². The van der Waals surface area contributed by atoms with Crippen molar-refractivity contribution >= 4 is 35.4 Å². The zero-order valence-corrected chi connectivity index (χ0v) is 28.5. The summed E-state index contributed by atoms with van der Waals surface area (Å²) in [4.78, 5) is 43.2. The molecule has 48 heavy (non-hydrogen) atoms. The third kappa shape index (κ3) is 8.09. The lowest BCUT2D eigenvalue weighted by atomic mass is 9.84. The maximum Gasteiger partial charge on any atom is 0.430 e. The molecule has 0 bridgehead atoms. The van der Waals surface area contributed by atoms with Crippen LogP contribution in [0.15, 0.2) is 42.0 Å². The van der Waals surface area contributed by atoms with E-state index in [0.717, 1.165) is 55.9 Å². The van der Waals surface area contributed by atoms with Crippen molar-refractivity contribution in [2.45, 2.75) is 69.3 Å². The number of likely N-dealkylation sites (tertiary alicyclic amines) is 2. The van der Waals surface area contributed by atoms with Crippen LogP contribution in [0.2, 0.25) is 5.02 Å². The van der Waals surface area contributed by atoms with Crippen molar-refractivity contribution in [3.05, 3.63) is 52.6 Å². The third-order valence-corrected chi connectivity index (χ3v) is 10.6. The summed E-state index contributed by atoms with van der Waals surface area (Å²) < 4.78 is 42.2. The molecule has 5 aliphatic rings. The number of hydrogen-bond acceptors (Lipinski definition) is 7. The van der Waals surface area contributed by atoms with E-state index in [1.54, 1.807) is 18.2 Å². The quantitative estimate of drug-likeness (QED) is 0.403. The first-order valence-electron chi connectivity index (χ1n) is 17.0. The summed E-state index contributed by atoms with van der Waals surface area (Å²) >= 11 is 6.49. The van der Waals surface area contributed by atoms with E-state index in [9.17, 15) is 32.7 Å². The number of aliphatic hydroxyl groups is 1. The second-order valence-electron chi connectivity index (χ2n) is 13.9. The van der Waals surface area contributed by atoms with Crippen LogP contribution in [0, 0.1) is 11.8 Å². The Morgan fingerprint density at radius 1 is 1.00 bits per heavy atom. The molecular weight excluding hydrogens is 647 g/mol. The van der Waals surface area contributed by atoms with Crippen LogP contribution in [0.4, 0.5) is 18.9 Å². The average Bonchev–Trinajstić information content (AvgIpc) is 3.02. The molecular formula is C35H47ClF3N5O4. The van der Waals surface area contributed by atoms with Gasteiger partial charge in [-0.1, -0.05) is 43.2 Å². The van der Waals surface area contributed by atoms with E-state index in [2.05, 4.69) is 15.1 Å².